The number of hydrogen-bond acceptors (Lipinski definition) is 2. The summed E-state index contributed by atoms with van der Waals surface area (Å²) in [6.07, 6.45) is -1.23. The number of rotatable bonds is 4. The molecule has 2 aromatic rings. The van der Waals surface area contributed by atoms with Crippen LogP contribution in [-0.4, -0.2) is 15.8 Å². The van der Waals surface area contributed by atoms with Crippen LogP contribution < -0.4 is 5.32 Å². The van der Waals surface area contributed by atoms with Crippen molar-refractivity contribution in [3.05, 3.63) is 47.5 Å². The van der Waals surface area contributed by atoms with Crippen molar-refractivity contribution in [3.63, 3.8) is 0 Å². The Morgan fingerprint density at radius 2 is 2.00 bits per heavy atom. The lowest BCUT2D eigenvalue weighted by Crippen LogP contribution is -2.18. The highest BCUT2D eigenvalue weighted by atomic mass is 19.4. The largest absolute Gasteiger partial charge is 0.435 e. The predicted octanol–water partition coefficient (Wildman–Crippen LogP) is 3.28. The SMILES string of the molecule is Fc1cccc(-n2ccc(C(F)(F)F)n2)c1CNC1CC1. The molecule has 1 aliphatic carbocycles. The minimum absolute atomic E-state index is 0.272. The first-order chi connectivity index (χ1) is 9.95. The lowest BCUT2D eigenvalue weighted by molar-refractivity contribution is -0.141. The number of aromatic nitrogens is 2. The zero-order chi connectivity index (χ0) is 15.0. The molecule has 1 aliphatic rings. The fraction of sp³-hybridized carbons (Fsp3) is 0.357. The summed E-state index contributed by atoms with van der Waals surface area (Å²) in [5.74, 6) is -0.454. The van der Waals surface area contributed by atoms with Crippen molar-refractivity contribution in [2.75, 3.05) is 0 Å². The first-order valence-electron chi connectivity index (χ1n) is 6.59. The Balaban J connectivity index is 1.93. The fourth-order valence-electron chi connectivity index (χ4n) is 2.08. The van der Waals surface area contributed by atoms with Gasteiger partial charge in [-0.25, -0.2) is 9.07 Å². The molecule has 3 rings (SSSR count). The molecule has 0 aliphatic heterocycles. The third kappa shape index (κ3) is 3.07. The van der Waals surface area contributed by atoms with Crippen LogP contribution in [0.4, 0.5) is 17.6 Å². The summed E-state index contributed by atoms with van der Waals surface area (Å²) in [4.78, 5) is 0. The van der Waals surface area contributed by atoms with Crippen LogP contribution in [0.15, 0.2) is 30.5 Å². The second-order valence-corrected chi connectivity index (χ2v) is 5.04. The quantitative estimate of drug-likeness (QED) is 0.878. The molecular formula is C14H13F4N3. The van der Waals surface area contributed by atoms with Crippen LogP contribution in [0.3, 0.4) is 0 Å². The number of benzene rings is 1. The number of hydrogen-bond donors (Lipinski definition) is 1. The van der Waals surface area contributed by atoms with Crippen molar-refractivity contribution in [3.8, 4) is 5.69 Å². The molecule has 0 atom stereocenters. The monoisotopic (exact) mass is 299 g/mol. The molecule has 7 heteroatoms. The topological polar surface area (TPSA) is 29.9 Å². The summed E-state index contributed by atoms with van der Waals surface area (Å²) >= 11 is 0. The highest BCUT2D eigenvalue weighted by Gasteiger charge is 2.33. The fourth-order valence-corrected chi connectivity index (χ4v) is 2.08. The summed E-state index contributed by atoms with van der Waals surface area (Å²) in [5, 5.41) is 6.65. The molecule has 0 spiro atoms. The highest BCUT2D eigenvalue weighted by Crippen LogP contribution is 2.29. The third-order valence-corrected chi connectivity index (χ3v) is 3.37. The lowest BCUT2D eigenvalue weighted by atomic mass is 10.1. The van der Waals surface area contributed by atoms with Crippen molar-refractivity contribution in [1.29, 1.82) is 0 Å². The average molecular weight is 299 g/mol. The summed E-state index contributed by atoms with van der Waals surface area (Å²) in [6.45, 7) is 0.272. The zero-order valence-electron chi connectivity index (χ0n) is 11.0. The van der Waals surface area contributed by atoms with Gasteiger partial charge in [-0.2, -0.15) is 18.3 Å². The van der Waals surface area contributed by atoms with Gasteiger partial charge in [0.1, 0.15) is 5.82 Å². The number of halogens is 4. The van der Waals surface area contributed by atoms with E-state index in [1.165, 1.54) is 18.3 Å². The number of nitrogens with one attached hydrogen (secondary N) is 1. The summed E-state index contributed by atoms with van der Waals surface area (Å²) in [6, 6.07) is 5.56. The molecule has 1 aromatic heterocycles. The van der Waals surface area contributed by atoms with Gasteiger partial charge in [-0.15, -0.1) is 0 Å². The summed E-state index contributed by atoms with van der Waals surface area (Å²) in [7, 11) is 0. The van der Waals surface area contributed by atoms with Gasteiger partial charge in [-0.05, 0) is 31.0 Å². The van der Waals surface area contributed by atoms with E-state index < -0.39 is 17.7 Å². The molecule has 0 radical (unpaired) electrons. The molecule has 1 heterocycles. The van der Waals surface area contributed by atoms with Gasteiger partial charge in [-0.1, -0.05) is 6.07 Å². The van der Waals surface area contributed by atoms with Gasteiger partial charge in [0.2, 0.25) is 0 Å². The molecule has 1 fully saturated rings. The first-order valence-corrected chi connectivity index (χ1v) is 6.59. The normalized spacial score (nSPS) is 15.4. The van der Waals surface area contributed by atoms with Crippen molar-refractivity contribution in [2.45, 2.75) is 31.6 Å². The summed E-state index contributed by atoms with van der Waals surface area (Å²) in [5.41, 5.74) is -0.354. The van der Waals surface area contributed by atoms with E-state index in [9.17, 15) is 17.6 Å². The maximum atomic E-state index is 13.9. The van der Waals surface area contributed by atoms with Crippen LogP contribution in [0.5, 0.6) is 0 Å². The van der Waals surface area contributed by atoms with Crippen molar-refractivity contribution in [2.24, 2.45) is 0 Å². The number of alkyl halides is 3. The molecule has 1 aromatic carbocycles. The Bertz CT molecular complexity index is 644. The molecule has 0 saturated heterocycles. The standard InChI is InChI=1S/C14H13F4N3/c15-11-2-1-3-12(10(11)8-19-9-4-5-9)21-7-6-13(20-21)14(16,17)18/h1-3,6-7,9,19H,4-5,8H2. The van der Waals surface area contributed by atoms with Crippen LogP contribution in [0.1, 0.15) is 24.1 Å². The van der Waals surface area contributed by atoms with Gasteiger partial charge in [0.15, 0.2) is 5.69 Å². The van der Waals surface area contributed by atoms with Crippen LogP contribution in [0.2, 0.25) is 0 Å². The van der Waals surface area contributed by atoms with Crippen LogP contribution >= 0.6 is 0 Å². The van der Waals surface area contributed by atoms with E-state index in [-0.39, 0.29) is 6.54 Å². The van der Waals surface area contributed by atoms with E-state index in [1.54, 1.807) is 6.07 Å². The second-order valence-electron chi connectivity index (χ2n) is 5.04. The van der Waals surface area contributed by atoms with Gasteiger partial charge in [-0.3, -0.25) is 0 Å². The van der Waals surface area contributed by atoms with E-state index in [1.807, 2.05) is 0 Å². The molecule has 0 bridgehead atoms. The predicted molar refractivity (Wildman–Crippen MR) is 68.4 cm³/mol. The Labute approximate surface area is 118 Å². The van der Waals surface area contributed by atoms with Gasteiger partial charge >= 0.3 is 6.18 Å². The minimum Gasteiger partial charge on any atom is -0.310 e. The van der Waals surface area contributed by atoms with Crippen LogP contribution in [-0.2, 0) is 12.7 Å². The zero-order valence-corrected chi connectivity index (χ0v) is 11.0. The van der Waals surface area contributed by atoms with Crippen molar-refractivity contribution in [1.82, 2.24) is 15.1 Å². The van der Waals surface area contributed by atoms with E-state index >= 15 is 0 Å². The molecule has 3 nitrogen and oxygen atoms in total. The Morgan fingerprint density at radius 1 is 1.24 bits per heavy atom. The molecule has 21 heavy (non-hydrogen) atoms. The smallest absolute Gasteiger partial charge is 0.310 e. The van der Waals surface area contributed by atoms with Crippen LogP contribution in [0, 0.1) is 5.82 Å². The van der Waals surface area contributed by atoms with Gasteiger partial charge < -0.3 is 5.32 Å². The Kier molecular flexibility index (Phi) is 3.44. The first kappa shape index (κ1) is 14.1. The molecule has 112 valence electrons. The molecule has 0 unspecified atom stereocenters. The molecule has 1 saturated carbocycles. The van der Waals surface area contributed by atoms with E-state index in [4.69, 9.17) is 0 Å². The second kappa shape index (κ2) is 5.14. The summed E-state index contributed by atoms with van der Waals surface area (Å²) < 4.78 is 52.8. The molecular weight excluding hydrogens is 286 g/mol. The minimum atomic E-state index is -4.51. The van der Waals surface area contributed by atoms with Gasteiger partial charge in [0.25, 0.3) is 0 Å². The van der Waals surface area contributed by atoms with Crippen molar-refractivity contribution >= 4 is 0 Å². The van der Waals surface area contributed by atoms with E-state index in [0.29, 0.717) is 17.3 Å². The maximum absolute atomic E-state index is 13.9. The Morgan fingerprint density at radius 3 is 2.62 bits per heavy atom. The van der Waals surface area contributed by atoms with E-state index in [0.717, 1.165) is 23.6 Å². The van der Waals surface area contributed by atoms with E-state index in [2.05, 4.69) is 10.4 Å². The molecule has 1 N–H and O–H groups in total. The van der Waals surface area contributed by atoms with Gasteiger partial charge in [0, 0.05) is 24.3 Å². The molecule has 0 amide bonds. The highest BCUT2D eigenvalue weighted by molar-refractivity contribution is 5.41. The van der Waals surface area contributed by atoms with Gasteiger partial charge in [0.05, 0.1) is 5.69 Å². The Hall–Kier alpha value is -1.89. The maximum Gasteiger partial charge on any atom is 0.435 e. The average Bonchev–Trinajstić information content (AvgIpc) is 3.10. The van der Waals surface area contributed by atoms with Crippen molar-refractivity contribution < 1.29 is 17.6 Å². The lowest BCUT2D eigenvalue weighted by Gasteiger charge is -2.11. The third-order valence-electron chi connectivity index (χ3n) is 3.37. The van der Waals surface area contributed by atoms with Crippen LogP contribution in [0.25, 0.3) is 5.69 Å². The number of nitrogens with zero attached hydrogens (tertiary/aromatic N) is 2.